The van der Waals surface area contributed by atoms with E-state index >= 15 is 0 Å². The fraction of sp³-hybridized carbons (Fsp3) is 0.273. The molecule has 1 fully saturated rings. The zero-order valence-electron chi connectivity index (χ0n) is 17.6. The number of hydrogen-bond acceptors (Lipinski definition) is 5. The van der Waals surface area contributed by atoms with E-state index in [1.165, 1.54) is 29.0 Å². The third-order valence-corrected chi connectivity index (χ3v) is 7.72. The number of rotatable bonds is 3. The van der Waals surface area contributed by atoms with Gasteiger partial charge < -0.3 is 15.1 Å². The molecule has 1 amide bonds. The number of thiocarbonyl (C=S) groups is 1. The highest BCUT2D eigenvalue weighted by atomic mass is 35.5. The Morgan fingerprint density at radius 2 is 1.84 bits per heavy atom. The predicted octanol–water partition coefficient (Wildman–Crippen LogP) is 5.23. The topological polar surface area (TPSA) is 78.7 Å². The predicted molar refractivity (Wildman–Crippen MR) is 133 cm³/mol. The van der Waals surface area contributed by atoms with Gasteiger partial charge in [0.25, 0.3) is 11.6 Å². The van der Waals surface area contributed by atoms with Crippen LogP contribution >= 0.6 is 35.2 Å². The Morgan fingerprint density at radius 1 is 1.16 bits per heavy atom. The van der Waals surface area contributed by atoms with Gasteiger partial charge in [-0.3, -0.25) is 14.9 Å². The zero-order chi connectivity index (χ0) is 23.0. The molecule has 2 heterocycles. The minimum Gasteiger partial charge on any atom is -0.345 e. The third kappa shape index (κ3) is 4.28. The number of thiophene rings is 1. The van der Waals surface area contributed by atoms with Gasteiger partial charge in [0.2, 0.25) is 0 Å². The smallest absolute Gasteiger partial charge is 0.270 e. The van der Waals surface area contributed by atoms with E-state index in [0.29, 0.717) is 51.3 Å². The second-order valence-corrected chi connectivity index (χ2v) is 9.46. The van der Waals surface area contributed by atoms with Gasteiger partial charge >= 0.3 is 0 Å². The molecule has 0 aliphatic carbocycles. The number of aryl methyl sites for hydroxylation is 1. The van der Waals surface area contributed by atoms with Crippen LogP contribution in [0.15, 0.2) is 36.4 Å². The number of fused-ring (bicyclic) bond motifs is 1. The minimum absolute atomic E-state index is 0.0205. The molecule has 10 heteroatoms. The van der Waals surface area contributed by atoms with Gasteiger partial charge in [0, 0.05) is 54.1 Å². The number of nitrogens with zero attached hydrogens (tertiary/aromatic N) is 3. The number of non-ortho nitro benzene ring substituents is 1. The molecule has 1 N–H and O–H groups in total. The number of nitrogens with one attached hydrogen (secondary N) is 1. The number of piperazine rings is 1. The second-order valence-electron chi connectivity index (χ2n) is 7.64. The van der Waals surface area contributed by atoms with Gasteiger partial charge in [0.05, 0.1) is 9.95 Å². The average molecular weight is 489 g/mol. The largest absolute Gasteiger partial charge is 0.345 e. The van der Waals surface area contributed by atoms with Crippen LogP contribution in [0.2, 0.25) is 5.02 Å². The molecule has 1 aliphatic rings. The molecular formula is C22H21ClN4O3S2. The van der Waals surface area contributed by atoms with Crippen LogP contribution in [0.25, 0.3) is 10.1 Å². The molecule has 0 unspecified atom stereocenters. The molecule has 0 saturated carbocycles. The van der Waals surface area contributed by atoms with E-state index in [0.717, 1.165) is 11.3 Å². The molecule has 3 aromatic rings. The third-order valence-electron chi connectivity index (χ3n) is 5.72. The van der Waals surface area contributed by atoms with Crippen molar-refractivity contribution in [3.05, 3.63) is 67.5 Å². The summed E-state index contributed by atoms with van der Waals surface area (Å²) in [7, 11) is 0. The fourth-order valence-electron chi connectivity index (χ4n) is 3.64. The van der Waals surface area contributed by atoms with E-state index in [-0.39, 0.29) is 11.6 Å². The highest BCUT2D eigenvalue weighted by Gasteiger charge is 2.27. The van der Waals surface area contributed by atoms with Gasteiger partial charge in [-0.1, -0.05) is 23.7 Å². The zero-order valence-corrected chi connectivity index (χ0v) is 19.9. The molecule has 2 aromatic carbocycles. The molecule has 32 heavy (non-hydrogen) atoms. The molecule has 0 bridgehead atoms. The van der Waals surface area contributed by atoms with Gasteiger partial charge in [-0.05, 0) is 49.3 Å². The quantitative estimate of drug-likeness (QED) is 0.309. The molecule has 1 aromatic heterocycles. The van der Waals surface area contributed by atoms with E-state index in [1.54, 1.807) is 11.0 Å². The van der Waals surface area contributed by atoms with Crippen molar-refractivity contribution in [1.29, 1.82) is 0 Å². The summed E-state index contributed by atoms with van der Waals surface area (Å²) in [5, 5.41) is 16.0. The first kappa shape index (κ1) is 22.4. The van der Waals surface area contributed by atoms with E-state index in [4.69, 9.17) is 23.8 Å². The minimum atomic E-state index is -0.455. The van der Waals surface area contributed by atoms with Crippen LogP contribution in [0.5, 0.6) is 0 Å². The van der Waals surface area contributed by atoms with Gasteiger partial charge in [-0.2, -0.15) is 0 Å². The van der Waals surface area contributed by atoms with Gasteiger partial charge in [0.1, 0.15) is 4.88 Å². The summed E-state index contributed by atoms with van der Waals surface area (Å²) in [6.07, 6.45) is 0. The van der Waals surface area contributed by atoms with E-state index in [1.807, 2.05) is 12.1 Å². The van der Waals surface area contributed by atoms with Crippen LogP contribution in [0.3, 0.4) is 0 Å². The van der Waals surface area contributed by atoms with Gasteiger partial charge in [-0.25, -0.2) is 0 Å². The first-order valence-electron chi connectivity index (χ1n) is 10.0. The Labute approximate surface area is 199 Å². The Morgan fingerprint density at radius 3 is 2.53 bits per heavy atom. The summed E-state index contributed by atoms with van der Waals surface area (Å²) in [6, 6.07) is 10.5. The van der Waals surface area contributed by atoms with Crippen molar-refractivity contribution in [2.75, 3.05) is 31.5 Å². The van der Waals surface area contributed by atoms with Crippen molar-refractivity contribution < 1.29 is 9.72 Å². The molecule has 1 aliphatic heterocycles. The Bertz CT molecular complexity index is 1240. The number of amides is 1. The summed E-state index contributed by atoms with van der Waals surface area (Å²) >= 11 is 13.2. The molecule has 0 spiro atoms. The summed E-state index contributed by atoms with van der Waals surface area (Å²) < 4.78 is 0.630. The molecular weight excluding hydrogens is 468 g/mol. The highest BCUT2D eigenvalue weighted by molar-refractivity contribution is 7.80. The second kappa shape index (κ2) is 9.01. The van der Waals surface area contributed by atoms with Crippen LogP contribution in [-0.4, -0.2) is 51.9 Å². The van der Waals surface area contributed by atoms with Crippen molar-refractivity contribution in [2.45, 2.75) is 13.8 Å². The van der Waals surface area contributed by atoms with E-state index < -0.39 is 4.92 Å². The Hall–Kier alpha value is -2.75. The van der Waals surface area contributed by atoms with Crippen LogP contribution < -0.4 is 5.32 Å². The maximum atomic E-state index is 13.1. The highest BCUT2D eigenvalue weighted by Crippen LogP contribution is 2.38. The van der Waals surface area contributed by atoms with Crippen molar-refractivity contribution in [2.24, 2.45) is 0 Å². The van der Waals surface area contributed by atoms with Crippen molar-refractivity contribution in [3.63, 3.8) is 0 Å². The average Bonchev–Trinajstić information content (AvgIpc) is 3.12. The van der Waals surface area contributed by atoms with E-state index in [9.17, 15) is 14.9 Å². The number of nitro benzene ring substituents is 1. The molecule has 7 nitrogen and oxygen atoms in total. The number of carbonyl (C=O) groups is 1. The van der Waals surface area contributed by atoms with E-state index in [2.05, 4.69) is 30.1 Å². The standard InChI is InChI=1S/C22H21ClN4O3S2/c1-13-4-3-5-17(14(13)2)24-22(31)26-10-8-25(9-11-26)21(28)20-19(23)16-7-6-15(27(29)30)12-18(16)32-20/h3-7,12H,8-11H2,1-2H3,(H,24,31). The summed E-state index contributed by atoms with van der Waals surface area (Å²) in [5.41, 5.74) is 3.31. The first-order valence-corrected chi connectivity index (χ1v) is 11.6. The summed E-state index contributed by atoms with van der Waals surface area (Å²) in [4.78, 5) is 27.9. The lowest BCUT2D eigenvalue weighted by molar-refractivity contribution is -0.384. The van der Waals surface area contributed by atoms with Crippen LogP contribution in [0, 0.1) is 24.0 Å². The van der Waals surface area contributed by atoms with Crippen molar-refractivity contribution in [3.8, 4) is 0 Å². The summed E-state index contributed by atoms with van der Waals surface area (Å²) in [5.74, 6) is -0.160. The lowest BCUT2D eigenvalue weighted by Gasteiger charge is -2.36. The molecule has 0 atom stereocenters. The Balaban J connectivity index is 1.43. The molecule has 0 radical (unpaired) electrons. The van der Waals surface area contributed by atoms with Crippen molar-refractivity contribution in [1.82, 2.24) is 9.80 Å². The number of anilines is 1. The maximum Gasteiger partial charge on any atom is 0.270 e. The lowest BCUT2D eigenvalue weighted by Crippen LogP contribution is -2.51. The fourth-order valence-corrected chi connectivity index (χ4v) is 5.45. The summed E-state index contributed by atoms with van der Waals surface area (Å²) in [6.45, 7) is 6.36. The van der Waals surface area contributed by atoms with Gasteiger partial charge in [-0.15, -0.1) is 11.3 Å². The lowest BCUT2D eigenvalue weighted by atomic mass is 10.1. The maximum absolute atomic E-state index is 13.1. The van der Waals surface area contributed by atoms with Crippen molar-refractivity contribution >= 4 is 67.6 Å². The van der Waals surface area contributed by atoms with Crippen LogP contribution in [0.1, 0.15) is 20.8 Å². The Kier molecular flexibility index (Phi) is 6.32. The number of carbonyl (C=O) groups excluding carboxylic acids is 1. The molecule has 4 rings (SSSR count). The van der Waals surface area contributed by atoms with Crippen LogP contribution in [-0.2, 0) is 0 Å². The first-order chi connectivity index (χ1) is 15.3. The molecule has 1 saturated heterocycles. The number of nitro groups is 1. The number of hydrogen-bond donors (Lipinski definition) is 1. The number of benzene rings is 2. The van der Waals surface area contributed by atoms with Gasteiger partial charge in [0.15, 0.2) is 5.11 Å². The normalized spacial score (nSPS) is 14.0. The number of halogens is 1. The molecule has 166 valence electrons. The van der Waals surface area contributed by atoms with Crippen LogP contribution in [0.4, 0.5) is 11.4 Å². The SMILES string of the molecule is Cc1cccc(NC(=S)N2CCN(C(=O)c3sc4cc([N+](=O)[O-])ccc4c3Cl)CC2)c1C. The monoisotopic (exact) mass is 488 g/mol.